The molecule has 2 heterocycles. The van der Waals surface area contributed by atoms with Gasteiger partial charge in [0.05, 0.1) is 17.4 Å². The molecule has 0 spiro atoms. The Bertz CT molecular complexity index is 1010. The molecule has 1 aromatic heterocycles. The van der Waals surface area contributed by atoms with Gasteiger partial charge in [-0.25, -0.2) is 4.98 Å². The minimum absolute atomic E-state index is 0.0361. The number of nitrogens with one attached hydrogen (secondary N) is 2. The summed E-state index contributed by atoms with van der Waals surface area (Å²) in [4.78, 5) is 33.6. The molecule has 6 heteroatoms. The molecule has 0 unspecified atom stereocenters. The number of H-pyrrole nitrogens is 1. The second-order valence-corrected chi connectivity index (χ2v) is 7.30. The number of benzene rings is 2. The Labute approximate surface area is 163 Å². The van der Waals surface area contributed by atoms with Gasteiger partial charge in [0.15, 0.2) is 0 Å². The number of amides is 1. The Morgan fingerprint density at radius 2 is 1.79 bits per heavy atom. The van der Waals surface area contributed by atoms with Crippen molar-refractivity contribution in [2.75, 3.05) is 25.0 Å². The molecule has 1 aliphatic heterocycles. The third kappa shape index (κ3) is 4.22. The van der Waals surface area contributed by atoms with Gasteiger partial charge in [0.25, 0.3) is 5.56 Å². The van der Waals surface area contributed by atoms with Gasteiger partial charge in [0, 0.05) is 13.1 Å². The zero-order valence-corrected chi connectivity index (χ0v) is 15.7. The van der Waals surface area contributed by atoms with Crippen LogP contribution in [-0.4, -0.2) is 40.4 Å². The molecule has 2 aromatic carbocycles. The number of carbonyl (C=O) groups excluding carboxylic acids is 1. The number of nitrogens with zero attached hydrogens (tertiary/aromatic N) is 2. The van der Waals surface area contributed by atoms with Crippen molar-refractivity contribution < 1.29 is 4.79 Å². The summed E-state index contributed by atoms with van der Waals surface area (Å²) in [5.74, 6) is 0.989. The van der Waals surface area contributed by atoms with Crippen molar-refractivity contribution in [1.82, 2.24) is 14.9 Å². The highest BCUT2D eigenvalue weighted by Crippen LogP contribution is 2.21. The van der Waals surface area contributed by atoms with Crippen LogP contribution in [0, 0.1) is 5.92 Å². The number of carbonyl (C=O) groups is 1. The van der Waals surface area contributed by atoms with Gasteiger partial charge in [-0.15, -0.1) is 0 Å². The number of hydrogen-bond acceptors (Lipinski definition) is 4. The quantitative estimate of drug-likeness (QED) is 0.718. The Kier molecular flexibility index (Phi) is 5.37. The average molecular weight is 376 g/mol. The van der Waals surface area contributed by atoms with Crippen molar-refractivity contribution in [2.45, 2.75) is 19.3 Å². The summed E-state index contributed by atoms with van der Waals surface area (Å²) in [6.07, 6.45) is 3.11. The number of likely N-dealkylation sites (tertiary alicyclic amines) is 1. The number of hydrogen-bond donors (Lipinski definition) is 2. The van der Waals surface area contributed by atoms with Gasteiger partial charge < -0.3 is 10.2 Å². The Morgan fingerprint density at radius 1 is 1.07 bits per heavy atom. The van der Waals surface area contributed by atoms with E-state index in [4.69, 9.17) is 0 Å². The van der Waals surface area contributed by atoms with Crippen molar-refractivity contribution in [3.63, 3.8) is 0 Å². The Morgan fingerprint density at radius 3 is 2.57 bits per heavy atom. The zero-order chi connectivity index (χ0) is 19.3. The standard InChI is InChI=1S/C22H24N4O2/c27-20(15-23-22-24-19-9-5-4-8-18(19)21(28)25-22)26-12-10-17(11-13-26)14-16-6-2-1-3-7-16/h1-9,17H,10-15H2,(H2,23,24,25,28). The molecule has 0 atom stereocenters. The molecule has 4 rings (SSSR count). The summed E-state index contributed by atoms with van der Waals surface area (Å²) >= 11 is 0. The lowest BCUT2D eigenvalue weighted by Crippen LogP contribution is -2.41. The van der Waals surface area contributed by atoms with E-state index < -0.39 is 0 Å². The summed E-state index contributed by atoms with van der Waals surface area (Å²) in [5.41, 5.74) is 1.77. The molecule has 1 amide bonds. The average Bonchev–Trinajstić information content (AvgIpc) is 2.73. The van der Waals surface area contributed by atoms with E-state index in [9.17, 15) is 9.59 Å². The highest BCUT2D eigenvalue weighted by molar-refractivity contribution is 5.81. The first-order valence-electron chi connectivity index (χ1n) is 9.73. The lowest BCUT2D eigenvalue weighted by Gasteiger charge is -2.32. The van der Waals surface area contributed by atoms with Gasteiger partial charge in [-0.2, -0.15) is 0 Å². The predicted octanol–water partition coefficient (Wildman–Crippen LogP) is 2.82. The fourth-order valence-corrected chi connectivity index (χ4v) is 3.78. The van der Waals surface area contributed by atoms with Crippen molar-refractivity contribution in [1.29, 1.82) is 0 Å². The van der Waals surface area contributed by atoms with E-state index in [1.165, 1.54) is 5.56 Å². The van der Waals surface area contributed by atoms with E-state index in [0.29, 0.717) is 22.8 Å². The van der Waals surface area contributed by atoms with Crippen molar-refractivity contribution >= 4 is 22.8 Å². The van der Waals surface area contributed by atoms with Crippen LogP contribution in [0.15, 0.2) is 59.4 Å². The molecular formula is C22H24N4O2. The van der Waals surface area contributed by atoms with Crippen molar-refractivity contribution in [2.24, 2.45) is 5.92 Å². The third-order valence-electron chi connectivity index (χ3n) is 5.35. The zero-order valence-electron chi connectivity index (χ0n) is 15.7. The first-order valence-corrected chi connectivity index (χ1v) is 9.73. The number of aromatic amines is 1. The summed E-state index contributed by atoms with van der Waals surface area (Å²) in [6, 6.07) is 17.7. The monoisotopic (exact) mass is 376 g/mol. The van der Waals surface area contributed by atoms with E-state index in [1.807, 2.05) is 17.0 Å². The topological polar surface area (TPSA) is 78.1 Å². The first-order chi connectivity index (χ1) is 13.7. The molecule has 144 valence electrons. The SMILES string of the molecule is O=C(CNc1nc2ccccc2c(=O)[nH]1)N1CCC(Cc2ccccc2)CC1. The van der Waals surface area contributed by atoms with Crippen LogP contribution in [0.5, 0.6) is 0 Å². The molecule has 0 radical (unpaired) electrons. The number of aromatic nitrogens is 2. The maximum atomic E-state index is 12.5. The van der Waals surface area contributed by atoms with Crippen LogP contribution in [-0.2, 0) is 11.2 Å². The molecule has 2 N–H and O–H groups in total. The number of anilines is 1. The van der Waals surface area contributed by atoms with Crippen LogP contribution >= 0.6 is 0 Å². The van der Waals surface area contributed by atoms with Crippen LogP contribution in [0.3, 0.4) is 0 Å². The minimum atomic E-state index is -0.206. The lowest BCUT2D eigenvalue weighted by atomic mass is 9.90. The van der Waals surface area contributed by atoms with Crippen LogP contribution in [0.1, 0.15) is 18.4 Å². The highest BCUT2D eigenvalue weighted by Gasteiger charge is 2.22. The first kappa shape index (κ1) is 18.2. The fourth-order valence-electron chi connectivity index (χ4n) is 3.78. The van der Waals surface area contributed by atoms with E-state index >= 15 is 0 Å². The number of fused-ring (bicyclic) bond motifs is 1. The van der Waals surface area contributed by atoms with Gasteiger partial charge in [-0.05, 0) is 42.9 Å². The smallest absolute Gasteiger partial charge is 0.260 e. The maximum absolute atomic E-state index is 12.5. The minimum Gasteiger partial charge on any atom is -0.347 e. The number of para-hydroxylation sites is 1. The van der Waals surface area contributed by atoms with Crippen LogP contribution in [0.4, 0.5) is 5.95 Å². The molecule has 1 saturated heterocycles. The van der Waals surface area contributed by atoms with E-state index in [2.05, 4.69) is 39.6 Å². The van der Waals surface area contributed by atoms with Gasteiger partial charge in [-0.1, -0.05) is 42.5 Å². The van der Waals surface area contributed by atoms with Gasteiger partial charge in [0.1, 0.15) is 0 Å². The molecule has 28 heavy (non-hydrogen) atoms. The van der Waals surface area contributed by atoms with E-state index in [1.54, 1.807) is 18.2 Å². The van der Waals surface area contributed by atoms with Gasteiger partial charge in [-0.3, -0.25) is 14.6 Å². The summed E-state index contributed by atoms with van der Waals surface area (Å²) < 4.78 is 0. The molecular weight excluding hydrogens is 352 g/mol. The predicted molar refractivity (Wildman–Crippen MR) is 110 cm³/mol. The molecule has 3 aromatic rings. The molecule has 1 aliphatic rings. The molecule has 0 bridgehead atoms. The molecule has 1 fully saturated rings. The maximum Gasteiger partial charge on any atom is 0.260 e. The molecule has 0 saturated carbocycles. The number of rotatable bonds is 5. The summed E-state index contributed by atoms with van der Waals surface area (Å²) in [5, 5.41) is 3.51. The van der Waals surface area contributed by atoms with E-state index in [0.717, 1.165) is 32.4 Å². The fraction of sp³-hybridized carbons (Fsp3) is 0.318. The van der Waals surface area contributed by atoms with Crippen LogP contribution in [0.2, 0.25) is 0 Å². The van der Waals surface area contributed by atoms with Crippen LogP contribution in [0.25, 0.3) is 10.9 Å². The highest BCUT2D eigenvalue weighted by atomic mass is 16.2. The molecule has 6 nitrogen and oxygen atoms in total. The third-order valence-corrected chi connectivity index (χ3v) is 5.35. The second-order valence-electron chi connectivity index (χ2n) is 7.30. The second kappa shape index (κ2) is 8.25. The summed E-state index contributed by atoms with van der Waals surface area (Å²) in [6.45, 7) is 1.68. The van der Waals surface area contributed by atoms with Crippen LogP contribution < -0.4 is 10.9 Å². The Balaban J connectivity index is 1.30. The van der Waals surface area contributed by atoms with Crippen molar-refractivity contribution in [3.05, 3.63) is 70.5 Å². The normalized spacial score (nSPS) is 14.9. The van der Waals surface area contributed by atoms with E-state index in [-0.39, 0.29) is 18.0 Å². The number of piperidine rings is 1. The Hall–Kier alpha value is -3.15. The lowest BCUT2D eigenvalue weighted by molar-refractivity contribution is -0.130. The van der Waals surface area contributed by atoms with Gasteiger partial charge >= 0.3 is 0 Å². The van der Waals surface area contributed by atoms with Crippen molar-refractivity contribution in [3.8, 4) is 0 Å². The van der Waals surface area contributed by atoms with Gasteiger partial charge in [0.2, 0.25) is 11.9 Å². The largest absolute Gasteiger partial charge is 0.347 e. The molecule has 0 aliphatic carbocycles. The summed E-state index contributed by atoms with van der Waals surface area (Å²) in [7, 11) is 0.